The van der Waals surface area contributed by atoms with Gasteiger partial charge in [-0.2, -0.15) is 0 Å². The minimum Gasteiger partial charge on any atom is -0.370 e. The first-order valence-electron chi connectivity index (χ1n) is 3.60. The summed E-state index contributed by atoms with van der Waals surface area (Å²) in [6.07, 6.45) is 1.70. The molecule has 1 aromatic heterocycles. The van der Waals surface area contributed by atoms with Gasteiger partial charge in [0.1, 0.15) is 5.82 Å². The second-order valence-corrected chi connectivity index (χ2v) is 2.70. The fourth-order valence-corrected chi connectivity index (χ4v) is 1.00. The zero-order chi connectivity index (χ0) is 8.27. The maximum Gasteiger partial charge on any atom is 0.130 e. The van der Waals surface area contributed by atoms with Gasteiger partial charge in [-0.15, -0.1) is 0 Å². The summed E-state index contributed by atoms with van der Waals surface area (Å²) in [6, 6.07) is 1.79. The van der Waals surface area contributed by atoms with Crippen LogP contribution in [0.25, 0.3) is 0 Å². The zero-order valence-corrected chi connectivity index (χ0v) is 7.44. The smallest absolute Gasteiger partial charge is 0.130 e. The Morgan fingerprint density at radius 3 is 3.00 bits per heavy atom. The van der Waals surface area contributed by atoms with Crippen molar-refractivity contribution in [2.75, 3.05) is 11.9 Å². The van der Waals surface area contributed by atoms with Gasteiger partial charge in [0.05, 0.1) is 0 Å². The molecule has 1 heterocycles. The minimum absolute atomic E-state index is 0.760. The molecule has 1 rings (SSSR count). The molecule has 0 atom stereocenters. The van der Waals surface area contributed by atoms with Gasteiger partial charge in [-0.1, -0.05) is 11.6 Å². The molecule has 0 saturated heterocycles. The maximum absolute atomic E-state index is 5.87. The maximum atomic E-state index is 5.87. The Bertz CT molecular complexity index is 248. The van der Waals surface area contributed by atoms with Crippen LogP contribution >= 0.6 is 11.6 Å². The van der Waals surface area contributed by atoms with E-state index in [1.165, 1.54) is 0 Å². The van der Waals surface area contributed by atoms with Crippen molar-refractivity contribution < 1.29 is 0 Å². The predicted molar refractivity (Wildman–Crippen MR) is 48.1 cm³/mol. The third-order valence-electron chi connectivity index (χ3n) is 1.48. The van der Waals surface area contributed by atoms with Crippen molar-refractivity contribution in [1.29, 1.82) is 0 Å². The van der Waals surface area contributed by atoms with E-state index in [0.717, 1.165) is 22.9 Å². The topological polar surface area (TPSA) is 24.9 Å². The van der Waals surface area contributed by atoms with E-state index in [4.69, 9.17) is 11.6 Å². The molecular formula is C8H11ClN2. The van der Waals surface area contributed by atoms with Gasteiger partial charge in [0.25, 0.3) is 0 Å². The number of aromatic nitrogens is 1. The fourth-order valence-electron chi connectivity index (χ4n) is 0.858. The Balaban J connectivity index is 2.96. The van der Waals surface area contributed by atoms with E-state index >= 15 is 0 Å². The number of anilines is 1. The third kappa shape index (κ3) is 1.84. The van der Waals surface area contributed by atoms with Gasteiger partial charge < -0.3 is 5.32 Å². The van der Waals surface area contributed by atoms with Crippen LogP contribution in [0.15, 0.2) is 12.3 Å². The zero-order valence-electron chi connectivity index (χ0n) is 6.69. The number of nitrogens with one attached hydrogen (secondary N) is 1. The summed E-state index contributed by atoms with van der Waals surface area (Å²) < 4.78 is 0. The molecule has 0 aliphatic carbocycles. The van der Waals surface area contributed by atoms with Gasteiger partial charge in [-0.05, 0) is 19.9 Å². The highest BCUT2D eigenvalue weighted by molar-refractivity contribution is 6.31. The number of hydrogen-bond donors (Lipinski definition) is 1. The van der Waals surface area contributed by atoms with Gasteiger partial charge in [0.2, 0.25) is 0 Å². The second-order valence-electron chi connectivity index (χ2n) is 2.30. The Labute approximate surface area is 71.6 Å². The molecule has 0 aliphatic rings. The first kappa shape index (κ1) is 8.34. The highest BCUT2D eigenvalue weighted by atomic mass is 35.5. The quantitative estimate of drug-likeness (QED) is 0.738. The van der Waals surface area contributed by atoms with Crippen LogP contribution in [0.3, 0.4) is 0 Å². The Morgan fingerprint density at radius 2 is 2.36 bits per heavy atom. The molecule has 0 aromatic carbocycles. The normalized spacial score (nSPS) is 9.73. The first-order chi connectivity index (χ1) is 5.25. The van der Waals surface area contributed by atoms with Crippen LogP contribution < -0.4 is 5.32 Å². The van der Waals surface area contributed by atoms with E-state index in [1.54, 1.807) is 12.3 Å². The van der Waals surface area contributed by atoms with Crippen LogP contribution in [-0.4, -0.2) is 11.5 Å². The summed E-state index contributed by atoms with van der Waals surface area (Å²) >= 11 is 5.87. The monoisotopic (exact) mass is 170 g/mol. The first-order valence-corrected chi connectivity index (χ1v) is 3.98. The highest BCUT2D eigenvalue weighted by Crippen LogP contribution is 2.19. The summed E-state index contributed by atoms with van der Waals surface area (Å²) in [5.41, 5.74) is 1.01. The van der Waals surface area contributed by atoms with E-state index in [2.05, 4.69) is 10.3 Å². The molecule has 1 N–H and O–H groups in total. The summed E-state index contributed by atoms with van der Waals surface area (Å²) in [6.45, 7) is 4.85. The van der Waals surface area contributed by atoms with Crippen molar-refractivity contribution in [3.63, 3.8) is 0 Å². The molecule has 0 bridgehead atoms. The average Bonchev–Trinajstić information content (AvgIpc) is 1.99. The lowest BCUT2D eigenvalue weighted by molar-refractivity contribution is 1.14. The molecule has 0 amide bonds. The highest BCUT2D eigenvalue weighted by Gasteiger charge is 2.00. The van der Waals surface area contributed by atoms with Crippen LogP contribution in [0, 0.1) is 6.92 Å². The standard InChI is InChI=1S/C8H11ClN2/c1-3-10-8-6(2)7(9)4-5-11-8/h4-5H,3H2,1-2H3,(H,10,11). The molecule has 2 nitrogen and oxygen atoms in total. The largest absolute Gasteiger partial charge is 0.370 e. The average molecular weight is 171 g/mol. The lowest BCUT2D eigenvalue weighted by Crippen LogP contribution is -2.01. The molecule has 1 aromatic rings. The molecule has 0 spiro atoms. The SMILES string of the molecule is CCNc1nccc(Cl)c1C. The molecule has 60 valence electrons. The number of pyridine rings is 1. The number of hydrogen-bond acceptors (Lipinski definition) is 2. The van der Waals surface area contributed by atoms with Crippen molar-refractivity contribution in [3.8, 4) is 0 Å². The van der Waals surface area contributed by atoms with Gasteiger partial charge in [0, 0.05) is 23.3 Å². The van der Waals surface area contributed by atoms with E-state index in [0.29, 0.717) is 0 Å². The van der Waals surface area contributed by atoms with Crippen LogP contribution in [-0.2, 0) is 0 Å². The summed E-state index contributed by atoms with van der Waals surface area (Å²) in [4.78, 5) is 4.13. The molecule has 0 fully saturated rings. The van der Waals surface area contributed by atoms with Crippen LogP contribution in [0.4, 0.5) is 5.82 Å². The molecule has 11 heavy (non-hydrogen) atoms. The van der Waals surface area contributed by atoms with Gasteiger partial charge in [0.15, 0.2) is 0 Å². The lowest BCUT2D eigenvalue weighted by Gasteiger charge is -2.05. The number of rotatable bonds is 2. The third-order valence-corrected chi connectivity index (χ3v) is 1.89. The van der Waals surface area contributed by atoms with E-state index in [9.17, 15) is 0 Å². The number of halogens is 1. The van der Waals surface area contributed by atoms with Crippen LogP contribution in [0.5, 0.6) is 0 Å². The second kappa shape index (κ2) is 3.58. The Kier molecular flexibility index (Phi) is 2.71. The van der Waals surface area contributed by atoms with E-state index < -0.39 is 0 Å². The van der Waals surface area contributed by atoms with Crippen LogP contribution in [0.2, 0.25) is 5.02 Å². The molecule has 0 unspecified atom stereocenters. The van der Waals surface area contributed by atoms with E-state index in [1.807, 2.05) is 13.8 Å². The Morgan fingerprint density at radius 1 is 1.64 bits per heavy atom. The molecule has 0 saturated carbocycles. The van der Waals surface area contributed by atoms with Gasteiger partial charge in [-0.25, -0.2) is 4.98 Å². The Hall–Kier alpha value is -0.760. The molecule has 3 heteroatoms. The van der Waals surface area contributed by atoms with Crippen LogP contribution in [0.1, 0.15) is 12.5 Å². The van der Waals surface area contributed by atoms with Gasteiger partial charge in [-0.3, -0.25) is 0 Å². The molecular weight excluding hydrogens is 160 g/mol. The van der Waals surface area contributed by atoms with Crippen molar-refractivity contribution in [2.24, 2.45) is 0 Å². The predicted octanol–water partition coefficient (Wildman–Crippen LogP) is 2.48. The molecule has 0 radical (unpaired) electrons. The summed E-state index contributed by atoms with van der Waals surface area (Å²) in [5, 5.41) is 3.88. The van der Waals surface area contributed by atoms with Crippen molar-refractivity contribution >= 4 is 17.4 Å². The summed E-state index contributed by atoms with van der Waals surface area (Å²) in [5.74, 6) is 0.875. The molecule has 0 aliphatic heterocycles. The summed E-state index contributed by atoms with van der Waals surface area (Å²) in [7, 11) is 0. The van der Waals surface area contributed by atoms with E-state index in [-0.39, 0.29) is 0 Å². The van der Waals surface area contributed by atoms with Gasteiger partial charge >= 0.3 is 0 Å². The number of nitrogens with zero attached hydrogens (tertiary/aromatic N) is 1. The minimum atomic E-state index is 0.760. The van der Waals surface area contributed by atoms with Crippen molar-refractivity contribution in [2.45, 2.75) is 13.8 Å². The van der Waals surface area contributed by atoms with Crippen molar-refractivity contribution in [1.82, 2.24) is 4.98 Å². The fraction of sp³-hybridized carbons (Fsp3) is 0.375. The lowest BCUT2D eigenvalue weighted by atomic mass is 10.3. The van der Waals surface area contributed by atoms with Crippen molar-refractivity contribution in [3.05, 3.63) is 22.8 Å².